The minimum atomic E-state index is -0.335. The first-order valence-electron chi connectivity index (χ1n) is 7.84. The number of halogens is 2. The molecule has 0 aliphatic carbocycles. The van der Waals surface area contributed by atoms with Crippen LogP contribution in [0.25, 0.3) is 22.2 Å². The number of fused-ring (bicyclic) bond motifs is 1. The van der Waals surface area contributed by atoms with E-state index in [-0.39, 0.29) is 12.0 Å². The van der Waals surface area contributed by atoms with Gasteiger partial charge in [0.2, 0.25) is 0 Å². The summed E-state index contributed by atoms with van der Waals surface area (Å²) in [6.45, 7) is 0.711. The van der Waals surface area contributed by atoms with Crippen molar-refractivity contribution in [2.45, 2.75) is 25.5 Å². The monoisotopic (exact) mass is 407 g/mol. The van der Waals surface area contributed by atoms with Crippen LogP contribution in [0, 0.1) is 5.82 Å². The van der Waals surface area contributed by atoms with Crippen molar-refractivity contribution in [3.63, 3.8) is 0 Å². The molecule has 1 aliphatic heterocycles. The standard InChI is InChI=1S/C17H16AsClFN3O/c18-16-9-12(19)10-7-13(20)11(8-14(10)22-16)15-4-5-21-23(15)17-3-1-2-6-24-17/h4-5,7-9,17H,1-3,6,18H2. The first-order valence-corrected chi connectivity index (χ1v) is 9.43. The Bertz CT molecular complexity index is 908. The van der Waals surface area contributed by atoms with E-state index in [1.165, 1.54) is 22.9 Å². The molecule has 1 aromatic carbocycles. The molecule has 4 nitrogen and oxygen atoms in total. The summed E-state index contributed by atoms with van der Waals surface area (Å²) in [5.74, 6) is -0.335. The molecule has 1 saturated heterocycles. The van der Waals surface area contributed by atoms with Gasteiger partial charge in [-0.05, 0) is 0 Å². The van der Waals surface area contributed by atoms with Gasteiger partial charge in [0, 0.05) is 0 Å². The van der Waals surface area contributed by atoms with E-state index in [0.29, 0.717) is 33.8 Å². The molecule has 0 N–H and O–H groups in total. The molecule has 7 heteroatoms. The van der Waals surface area contributed by atoms with Crippen molar-refractivity contribution in [3.8, 4) is 11.3 Å². The predicted molar refractivity (Wildman–Crippen MR) is 95.0 cm³/mol. The molecule has 0 amide bonds. The third-order valence-electron chi connectivity index (χ3n) is 4.24. The summed E-state index contributed by atoms with van der Waals surface area (Å²) in [7, 11) is 0. The van der Waals surface area contributed by atoms with Crippen LogP contribution in [0.1, 0.15) is 25.5 Å². The van der Waals surface area contributed by atoms with Crippen molar-refractivity contribution in [2.75, 3.05) is 6.61 Å². The summed E-state index contributed by atoms with van der Waals surface area (Å²) < 4.78 is 23.2. The molecule has 1 fully saturated rings. The van der Waals surface area contributed by atoms with Crippen LogP contribution in [0.15, 0.2) is 30.5 Å². The van der Waals surface area contributed by atoms with Gasteiger partial charge in [0.1, 0.15) is 0 Å². The van der Waals surface area contributed by atoms with Gasteiger partial charge in [0.15, 0.2) is 0 Å². The fourth-order valence-electron chi connectivity index (χ4n) is 3.09. The summed E-state index contributed by atoms with van der Waals surface area (Å²) in [6, 6.07) is 6.77. The maximum absolute atomic E-state index is 14.7. The third-order valence-corrected chi connectivity index (χ3v) is 5.17. The molecule has 3 heterocycles. The van der Waals surface area contributed by atoms with Crippen LogP contribution in [-0.4, -0.2) is 38.2 Å². The van der Waals surface area contributed by atoms with Crippen LogP contribution in [0.3, 0.4) is 0 Å². The molecule has 3 aromatic rings. The van der Waals surface area contributed by atoms with Crippen molar-refractivity contribution in [2.24, 2.45) is 0 Å². The summed E-state index contributed by atoms with van der Waals surface area (Å²) in [4.78, 5) is 4.51. The van der Waals surface area contributed by atoms with E-state index < -0.39 is 0 Å². The third kappa shape index (κ3) is 2.85. The van der Waals surface area contributed by atoms with E-state index in [1.807, 2.05) is 6.07 Å². The molecule has 2 unspecified atom stereocenters. The fourth-order valence-corrected chi connectivity index (χ4v) is 4.22. The molecule has 1 aliphatic rings. The Morgan fingerprint density at radius 2 is 2.17 bits per heavy atom. The van der Waals surface area contributed by atoms with Crippen LogP contribution in [0.4, 0.5) is 4.39 Å². The van der Waals surface area contributed by atoms with Gasteiger partial charge >= 0.3 is 152 Å². The molecule has 4 rings (SSSR count). The van der Waals surface area contributed by atoms with Gasteiger partial charge in [-0.3, -0.25) is 0 Å². The van der Waals surface area contributed by atoms with Crippen LogP contribution in [0.5, 0.6) is 0 Å². The fraction of sp³-hybridized carbons (Fsp3) is 0.294. The van der Waals surface area contributed by atoms with Crippen LogP contribution in [-0.2, 0) is 4.74 Å². The van der Waals surface area contributed by atoms with Crippen molar-refractivity contribution in [3.05, 3.63) is 41.3 Å². The van der Waals surface area contributed by atoms with Crippen molar-refractivity contribution >= 4 is 43.8 Å². The van der Waals surface area contributed by atoms with Crippen molar-refractivity contribution < 1.29 is 9.13 Å². The molecule has 2 aromatic heterocycles. The van der Waals surface area contributed by atoms with Gasteiger partial charge < -0.3 is 0 Å². The Morgan fingerprint density at radius 1 is 1.29 bits per heavy atom. The average Bonchev–Trinajstić information content (AvgIpc) is 3.05. The van der Waals surface area contributed by atoms with Crippen molar-refractivity contribution in [1.82, 2.24) is 14.8 Å². The minimum absolute atomic E-state index is 0.142. The van der Waals surface area contributed by atoms with Crippen LogP contribution in [0.2, 0.25) is 5.02 Å². The summed E-state index contributed by atoms with van der Waals surface area (Å²) in [6.07, 6.45) is 4.56. The summed E-state index contributed by atoms with van der Waals surface area (Å²) in [5, 5.41) is 5.50. The second-order valence-corrected chi connectivity index (χ2v) is 7.51. The predicted octanol–water partition coefficient (Wildman–Crippen LogP) is 2.85. The Labute approximate surface area is 152 Å². The van der Waals surface area contributed by atoms with Crippen molar-refractivity contribution in [1.29, 1.82) is 0 Å². The number of aromatic nitrogens is 3. The second-order valence-electron chi connectivity index (χ2n) is 5.86. The molecule has 0 spiro atoms. The number of ether oxygens (including phenoxy) is 1. The van der Waals surface area contributed by atoms with Gasteiger partial charge in [-0.25, -0.2) is 0 Å². The van der Waals surface area contributed by atoms with Gasteiger partial charge in [0.05, 0.1) is 0 Å². The zero-order valence-electron chi connectivity index (χ0n) is 12.9. The quantitative estimate of drug-likeness (QED) is 0.613. The number of pyridine rings is 1. The summed E-state index contributed by atoms with van der Waals surface area (Å²) >= 11 is 7.61. The normalized spacial score (nSPS) is 18.2. The van der Waals surface area contributed by atoms with E-state index in [9.17, 15) is 4.39 Å². The molecule has 24 heavy (non-hydrogen) atoms. The SMILES string of the molecule is Fc1cc2c(Cl)cc([AsH2])nc2cc1-c1ccnn1C1CCCCO1. The molecule has 124 valence electrons. The molecule has 0 bridgehead atoms. The Morgan fingerprint density at radius 3 is 2.96 bits per heavy atom. The van der Waals surface area contributed by atoms with Gasteiger partial charge in [-0.15, -0.1) is 0 Å². The molecule has 2 atom stereocenters. The average molecular weight is 408 g/mol. The first-order chi connectivity index (χ1) is 11.6. The van der Waals surface area contributed by atoms with E-state index in [2.05, 4.69) is 10.1 Å². The number of rotatable bonds is 2. The summed E-state index contributed by atoms with van der Waals surface area (Å²) in [5.41, 5.74) is 1.86. The number of nitrogens with zero attached hydrogens (tertiary/aromatic N) is 3. The first kappa shape index (κ1) is 16.1. The molecular weight excluding hydrogens is 392 g/mol. The second kappa shape index (κ2) is 6.47. The Hall–Kier alpha value is -1.42. The topological polar surface area (TPSA) is 39.9 Å². The number of benzene rings is 1. The van der Waals surface area contributed by atoms with E-state index in [4.69, 9.17) is 16.3 Å². The molecule has 0 saturated carbocycles. The number of hydrogen-bond acceptors (Lipinski definition) is 3. The molecular formula is C17H16AsClFN3O. The van der Waals surface area contributed by atoms with Gasteiger partial charge in [-0.1, -0.05) is 0 Å². The van der Waals surface area contributed by atoms with E-state index in [0.717, 1.165) is 23.7 Å². The Kier molecular flexibility index (Phi) is 4.33. The number of hydrogen-bond donors (Lipinski definition) is 0. The zero-order chi connectivity index (χ0) is 16.7. The maximum atomic E-state index is 14.7. The van der Waals surface area contributed by atoms with E-state index >= 15 is 0 Å². The van der Waals surface area contributed by atoms with Gasteiger partial charge in [-0.2, -0.15) is 0 Å². The zero-order valence-corrected chi connectivity index (χ0v) is 16.1. The van der Waals surface area contributed by atoms with E-state index in [1.54, 1.807) is 23.0 Å². The molecule has 0 radical (unpaired) electrons. The van der Waals surface area contributed by atoms with Gasteiger partial charge in [0.25, 0.3) is 0 Å². The van der Waals surface area contributed by atoms with Crippen LogP contribution >= 0.6 is 11.6 Å². The van der Waals surface area contributed by atoms with Crippen LogP contribution < -0.4 is 4.48 Å². The Balaban J connectivity index is 1.85.